The lowest BCUT2D eigenvalue weighted by Gasteiger charge is -2.03. The summed E-state index contributed by atoms with van der Waals surface area (Å²) in [4.78, 5) is 10.00. The van der Waals surface area contributed by atoms with Gasteiger partial charge in [-0.25, -0.2) is 0 Å². The molecule has 1 fully saturated rings. The molecule has 1 aliphatic rings. The van der Waals surface area contributed by atoms with E-state index in [1.807, 2.05) is 26.0 Å². The first-order valence-electron chi connectivity index (χ1n) is 4.99. The van der Waals surface area contributed by atoms with E-state index in [1.165, 1.54) is 0 Å². The highest BCUT2D eigenvalue weighted by atomic mass is 35.5. The summed E-state index contributed by atoms with van der Waals surface area (Å²) in [5.74, 6) is -1.13. The van der Waals surface area contributed by atoms with Crippen LogP contribution in [0.4, 0.5) is 0 Å². The Kier molecular flexibility index (Phi) is 2.48. The standard InChI is InChI=1S/C12H12Cl2O2/c1-11(2)9(12(11,14)10(15)16)7-3-5-8(13)6-4-7/h3-6,9H,1-2H3,(H,15,16). The predicted octanol–water partition coefficient (Wildman–Crippen LogP) is 3.53. The fraction of sp³-hybridized carbons (Fsp3) is 0.417. The predicted molar refractivity (Wildman–Crippen MR) is 64.2 cm³/mol. The van der Waals surface area contributed by atoms with Crippen LogP contribution in [-0.2, 0) is 4.79 Å². The van der Waals surface area contributed by atoms with Gasteiger partial charge in [0.05, 0.1) is 0 Å². The first kappa shape index (κ1) is 11.7. The molecule has 0 aliphatic heterocycles. The van der Waals surface area contributed by atoms with Crippen LogP contribution in [-0.4, -0.2) is 16.0 Å². The average molecular weight is 259 g/mol. The molecule has 2 nitrogen and oxygen atoms in total. The van der Waals surface area contributed by atoms with E-state index in [0.29, 0.717) is 5.02 Å². The van der Waals surface area contributed by atoms with Gasteiger partial charge in [0.2, 0.25) is 0 Å². The van der Waals surface area contributed by atoms with E-state index < -0.39 is 16.3 Å². The highest BCUT2D eigenvalue weighted by Crippen LogP contribution is 2.71. The van der Waals surface area contributed by atoms with Crippen LogP contribution in [0.25, 0.3) is 0 Å². The number of hydrogen-bond acceptors (Lipinski definition) is 1. The molecule has 4 heteroatoms. The molecule has 1 saturated carbocycles. The number of benzene rings is 1. The van der Waals surface area contributed by atoms with Crippen molar-refractivity contribution in [1.82, 2.24) is 0 Å². The Labute approximate surface area is 104 Å². The van der Waals surface area contributed by atoms with Crippen LogP contribution in [0.5, 0.6) is 0 Å². The van der Waals surface area contributed by atoms with E-state index in [2.05, 4.69) is 0 Å². The SMILES string of the molecule is CC1(C)C(c2ccc(Cl)cc2)C1(Cl)C(=O)O. The molecular formula is C12H12Cl2O2. The molecular weight excluding hydrogens is 247 g/mol. The average Bonchev–Trinajstić information content (AvgIpc) is 2.65. The summed E-state index contributed by atoms with van der Waals surface area (Å²) in [6.45, 7) is 3.74. The van der Waals surface area contributed by atoms with Gasteiger partial charge in [0.25, 0.3) is 0 Å². The molecule has 1 aliphatic carbocycles. The zero-order valence-corrected chi connectivity index (χ0v) is 10.5. The zero-order chi connectivity index (χ0) is 12.1. The maximum absolute atomic E-state index is 11.2. The zero-order valence-electron chi connectivity index (χ0n) is 9.00. The van der Waals surface area contributed by atoms with Crippen molar-refractivity contribution in [2.75, 3.05) is 0 Å². The number of carboxylic acid groups (broad SMARTS) is 1. The smallest absolute Gasteiger partial charge is 0.326 e. The first-order chi connectivity index (χ1) is 7.31. The van der Waals surface area contributed by atoms with Crippen LogP contribution in [0.3, 0.4) is 0 Å². The molecule has 0 heterocycles. The third kappa shape index (κ3) is 1.36. The summed E-state index contributed by atoms with van der Waals surface area (Å²) in [6.07, 6.45) is 0. The molecule has 86 valence electrons. The lowest BCUT2D eigenvalue weighted by Crippen LogP contribution is -2.21. The summed E-state index contributed by atoms with van der Waals surface area (Å²) >= 11 is 12.0. The van der Waals surface area contributed by atoms with Gasteiger partial charge in [-0.15, -0.1) is 11.6 Å². The van der Waals surface area contributed by atoms with E-state index in [-0.39, 0.29) is 5.92 Å². The van der Waals surface area contributed by atoms with Crippen LogP contribution in [0, 0.1) is 5.41 Å². The topological polar surface area (TPSA) is 37.3 Å². The third-order valence-corrected chi connectivity index (χ3v) is 4.61. The summed E-state index contributed by atoms with van der Waals surface area (Å²) in [7, 11) is 0. The molecule has 2 atom stereocenters. The van der Waals surface area contributed by atoms with E-state index in [1.54, 1.807) is 12.1 Å². The third-order valence-electron chi connectivity index (χ3n) is 3.49. The van der Waals surface area contributed by atoms with Gasteiger partial charge in [0.15, 0.2) is 4.87 Å². The number of hydrogen-bond donors (Lipinski definition) is 1. The number of rotatable bonds is 2. The van der Waals surface area contributed by atoms with Crippen molar-refractivity contribution in [3.05, 3.63) is 34.9 Å². The van der Waals surface area contributed by atoms with Crippen molar-refractivity contribution in [3.63, 3.8) is 0 Å². The Bertz CT molecular complexity index is 439. The van der Waals surface area contributed by atoms with Gasteiger partial charge in [0, 0.05) is 16.4 Å². The van der Waals surface area contributed by atoms with Crippen molar-refractivity contribution in [3.8, 4) is 0 Å². The van der Waals surface area contributed by atoms with Crippen molar-refractivity contribution in [2.24, 2.45) is 5.41 Å². The molecule has 1 N–H and O–H groups in total. The fourth-order valence-electron chi connectivity index (χ4n) is 2.41. The van der Waals surface area contributed by atoms with Crippen molar-refractivity contribution in [2.45, 2.75) is 24.6 Å². The second-order valence-electron chi connectivity index (χ2n) is 4.72. The molecule has 2 rings (SSSR count). The summed E-state index contributed by atoms with van der Waals surface area (Å²) in [5, 5.41) is 9.81. The van der Waals surface area contributed by atoms with Crippen LogP contribution < -0.4 is 0 Å². The maximum Gasteiger partial charge on any atom is 0.326 e. The number of carbonyl (C=O) groups is 1. The quantitative estimate of drug-likeness (QED) is 0.825. The van der Waals surface area contributed by atoms with Gasteiger partial charge < -0.3 is 5.11 Å². The minimum absolute atomic E-state index is 0.170. The van der Waals surface area contributed by atoms with Gasteiger partial charge in [-0.3, -0.25) is 4.79 Å². The van der Waals surface area contributed by atoms with E-state index in [4.69, 9.17) is 23.2 Å². The van der Waals surface area contributed by atoms with Gasteiger partial charge in [-0.2, -0.15) is 0 Å². The number of alkyl halides is 1. The van der Waals surface area contributed by atoms with Crippen molar-refractivity contribution < 1.29 is 9.90 Å². The Morgan fingerprint density at radius 1 is 1.31 bits per heavy atom. The molecule has 2 unspecified atom stereocenters. The van der Waals surface area contributed by atoms with Gasteiger partial charge >= 0.3 is 5.97 Å². The Balaban J connectivity index is 2.38. The molecule has 1 aromatic carbocycles. The molecule has 0 aromatic heterocycles. The Morgan fingerprint density at radius 3 is 2.19 bits per heavy atom. The highest BCUT2D eigenvalue weighted by molar-refractivity contribution is 6.38. The minimum atomic E-state index is -1.19. The molecule has 0 amide bonds. The molecule has 0 bridgehead atoms. The van der Waals surface area contributed by atoms with Crippen LogP contribution in [0.15, 0.2) is 24.3 Å². The normalized spacial score (nSPS) is 31.1. The molecule has 16 heavy (non-hydrogen) atoms. The lowest BCUT2D eigenvalue weighted by molar-refractivity contribution is -0.138. The second kappa shape index (κ2) is 3.38. The van der Waals surface area contributed by atoms with Gasteiger partial charge in [-0.1, -0.05) is 37.6 Å². The van der Waals surface area contributed by atoms with Crippen molar-refractivity contribution in [1.29, 1.82) is 0 Å². The first-order valence-corrected chi connectivity index (χ1v) is 5.75. The molecule has 1 aromatic rings. The largest absolute Gasteiger partial charge is 0.480 e. The Morgan fingerprint density at radius 2 is 1.81 bits per heavy atom. The molecule has 0 saturated heterocycles. The summed E-state index contributed by atoms with van der Waals surface area (Å²) < 4.78 is 0. The number of carboxylic acids is 1. The number of halogens is 2. The summed E-state index contributed by atoms with van der Waals surface area (Å²) in [5.41, 5.74) is 0.487. The van der Waals surface area contributed by atoms with Gasteiger partial charge in [-0.05, 0) is 17.7 Å². The van der Waals surface area contributed by atoms with E-state index in [9.17, 15) is 9.90 Å². The molecule has 0 radical (unpaired) electrons. The highest BCUT2D eigenvalue weighted by Gasteiger charge is 2.75. The van der Waals surface area contributed by atoms with Crippen LogP contribution in [0.2, 0.25) is 5.02 Å². The minimum Gasteiger partial charge on any atom is -0.480 e. The van der Waals surface area contributed by atoms with E-state index in [0.717, 1.165) is 5.56 Å². The molecule has 0 spiro atoms. The monoisotopic (exact) mass is 258 g/mol. The number of aliphatic carboxylic acids is 1. The van der Waals surface area contributed by atoms with Gasteiger partial charge in [0.1, 0.15) is 0 Å². The summed E-state index contributed by atoms with van der Waals surface area (Å²) in [6, 6.07) is 7.18. The lowest BCUT2D eigenvalue weighted by atomic mass is 10.0. The Hall–Kier alpha value is -0.730. The van der Waals surface area contributed by atoms with E-state index >= 15 is 0 Å². The van der Waals surface area contributed by atoms with Crippen LogP contribution >= 0.6 is 23.2 Å². The van der Waals surface area contributed by atoms with Crippen molar-refractivity contribution >= 4 is 29.2 Å². The second-order valence-corrected chi connectivity index (χ2v) is 5.76. The fourth-order valence-corrected chi connectivity index (χ4v) is 2.99. The van der Waals surface area contributed by atoms with Crippen LogP contribution in [0.1, 0.15) is 25.3 Å². The maximum atomic E-state index is 11.2.